The smallest absolute Gasteiger partial charge is 0.303 e. The summed E-state index contributed by atoms with van der Waals surface area (Å²) < 4.78 is 37.1. The van der Waals surface area contributed by atoms with Crippen LogP contribution in [0.2, 0.25) is 0 Å². The van der Waals surface area contributed by atoms with Crippen LogP contribution < -0.4 is 0 Å². The topological polar surface area (TPSA) is 150 Å². The Bertz CT molecular complexity index is 1490. The molecule has 0 radical (unpaired) electrons. The van der Waals surface area contributed by atoms with Gasteiger partial charge in [0.2, 0.25) is 0 Å². The van der Waals surface area contributed by atoms with Crippen molar-refractivity contribution in [3.63, 3.8) is 0 Å². The van der Waals surface area contributed by atoms with Crippen molar-refractivity contribution in [2.75, 3.05) is 6.61 Å². The zero-order valence-electron chi connectivity index (χ0n) is 31.2. The minimum absolute atomic E-state index is 0.00121. The summed E-state index contributed by atoms with van der Waals surface area (Å²) in [7, 11) is 0. The molecule has 50 heavy (non-hydrogen) atoms. The largest absolute Gasteiger partial charge is 0.457 e. The molecule has 0 amide bonds. The van der Waals surface area contributed by atoms with E-state index in [-0.39, 0.29) is 52.3 Å². The fourth-order valence-electron chi connectivity index (χ4n) is 13.7. The standard InChI is InChI=1S/C39H58O11/c1-19-16-22-30(34(6,7)44)50-39(49-22)29(19)35(8)14-15-38-18-37(38)13-12-26(33(4,5)24(37)10-11-25(38)36(35,9)32(39)43)48-31-28(47-21(3)41)27(42)23(17-45-31)46-20(2)40/h11,19,22-24,26-32,42-44H,10,12-18H2,1-9H3/t19-,22-,23-,24-,26+,27+,28-,29-,30-,31+,32-,35-,36-,37-,38+,39+/m1/s1. The lowest BCUT2D eigenvalue weighted by Crippen LogP contribution is -2.60. The van der Waals surface area contributed by atoms with Gasteiger partial charge in [-0.1, -0.05) is 46.3 Å². The number of esters is 2. The lowest BCUT2D eigenvalue weighted by atomic mass is 9.44. The number of allylic oxidation sites excluding steroid dienone is 1. The van der Waals surface area contributed by atoms with Gasteiger partial charge in [-0.3, -0.25) is 9.59 Å². The summed E-state index contributed by atoms with van der Waals surface area (Å²) in [5.41, 5.74) is -0.747. The highest BCUT2D eigenvalue weighted by Gasteiger charge is 2.86. The van der Waals surface area contributed by atoms with Gasteiger partial charge in [0.15, 0.2) is 24.3 Å². The molecular formula is C39H58O11. The van der Waals surface area contributed by atoms with Crippen LogP contribution in [-0.4, -0.2) is 94.3 Å². The van der Waals surface area contributed by atoms with E-state index in [1.54, 1.807) is 13.8 Å². The molecule has 16 atom stereocenters. The first-order valence-electron chi connectivity index (χ1n) is 19.0. The molecular weight excluding hydrogens is 644 g/mol. The number of fused-ring (bicyclic) bond motifs is 4. The van der Waals surface area contributed by atoms with Crippen LogP contribution in [0, 0.1) is 44.8 Å². The van der Waals surface area contributed by atoms with Crippen molar-refractivity contribution in [2.24, 2.45) is 44.8 Å². The number of hydrogen-bond acceptors (Lipinski definition) is 11. The van der Waals surface area contributed by atoms with Crippen molar-refractivity contribution in [1.29, 1.82) is 0 Å². The normalized spacial score (nSPS) is 54.2. The maximum atomic E-state index is 12.7. The monoisotopic (exact) mass is 702 g/mol. The van der Waals surface area contributed by atoms with Crippen LogP contribution in [0.4, 0.5) is 0 Å². The number of hydrogen-bond donors (Lipinski definition) is 3. The second kappa shape index (κ2) is 10.8. The Hall–Kier alpha value is -1.60. The Kier molecular flexibility index (Phi) is 7.62. The fourth-order valence-corrected chi connectivity index (χ4v) is 13.7. The van der Waals surface area contributed by atoms with Gasteiger partial charge in [0.1, 0.15) is 18.3 Å². The first kappa shape index (κ1) is 35.4. The third kappa shape index (κ3) is 4.28. The van der Waals surface area contributed by atoms with Gasteiger partial charge in [-0.05, 0) is 92.3 Å². The summed E-state index contributed by atoms with van der Waals surface area (Å²) in [6, 6.07) is 0. The molecule has 2 bridgehead atoms. The van der Waals surface area contributed by atoms with Gasteiger partial charge in [-0.25, -0.2) is 0 Å². The quantitative estimate of drug-likeness (QED) is 0.280. The van der Waals surface area contributed by atoms with E-state index in [9.17, 15) is 24.9 Å². The average Bonchev–Trinajstić information content (AvgIpc) is 3.52. The van der Waals surface area contributed by atoms with E-state index < -0.39 is 65.6 Å². The van der Waals surface area contributed by atoms with E-state index in [0.717, 1.165) is 44.9 Å². The van der Waals surface area contributed by atoms with Gasteiger partial charge in [0.05, 0.1) is 24.4 Å². The molecule has 3 aliphatic heterocycles. The zero-order chi connectivity index (χ0) is 36.2. The van der Waals surface area contributed by atoms with Crippen molar-refractivity contribution >= 4 is 11.9 Å². The summed E-state index contributed by atoms with van der Waals surface area (Å²) in [5.74, 6) is -1.71. The van der Waals surface area contributed by atoms with Crippen molar-refractivity contribution in [3.05, 3.63) is 11.6 Å². The van der Waals surface area contributed by atoms with E-state index in [0.29, 0.717) is 5.92 Å². The van der Waals surface area contributed by atoms with Gasteiger partial charge in [0.25, 0.3) is 0 Å². The molecule has 0 aromatic rings. The maximum absolute atomic E-state index is 12.7. The lowest BCUT2D eigenvalue weighted by molar-refractivity contribution is -0.304. The van der Waals surface area contributed by atoms with E-state index in [1.165, 1.54) is 19.4 Å². The summed E-state index contributed by atoms with van der Waals surface area (Å²) in [6.45, 7) is 17.5. The highest BCUT2D eigenvalue weighted by molar-refractivity contribution is 5.67. The molecule has 3 heterocycles. The summed E-state index contributed by atoms with van der Waals surface area (Å²) in [4.78, 5) is 23.7. The second-order valence-electron chi connectivity index (χ2n) is 19.0. The predicted molar refractivity (Wildman–Crippen MR) is 178 cm³/mol. The lowest BCUT2D eigenvalue weighted by Gasteiger charge is -2.60. The summed E-state index contributed by atoms with van der Waals surface area (Å²) in [5, 5.41) is 34.9. The van der Waals surface area contributed by atoms with E-state index in [2.05, 4.69) is 40.7 Å². The Labute approximate surface area is 295 Å². The van der Waals surface area contributed by atoms with Crippen molar-refractivity contribution in [1.82, 2.24) is 0 Å². The first-order chi connectivity index (χ1) is 23.2. The van der Waals surface area contributed by atoms with Crippen LogP contribution in [0.15, 0.2) is 11.6 Å². The SMILES string of the molecule is CC(=O)O[C@H]1[C@H](O[C@H]2CC[C@]34C[C@]35CC[C@]3(C)[C@H]6[C@H](C)C[C@H]7O[C@@]6(O[C@H]7C(C)(C)O)[C@H](O)[C@@]3(C)C5=CC[C@@H]4C2(C)C)OC[C@@H](OC(C)=O)[C@@H]1O. The third-order valence-electron chi connectivity index (χ3n) is 15.8. The molecule has 11 nitrogen and oxygen atoms in total. The minimum atomic E-state index is -1.28. The molecule has 8 rings (SSSR count). The summed E-state index contributed by atoms with van der Waals surface area (Å²) >= 11 is 0. The number of aliphatic hydroxyl groups excluding tert-OH is 2. The number of aliphatic hydroxyl groups is 3. The maximum Gasteiger partial charge on any atom is 0.303 e. The molecule has 4 saturated carbocycles. The van der Waals surface area contributed by atoms with Crippen LogP contribution >= 0.6 is 0 Å². The van der Waals surface area contributed by atoms with Crippen LogP contribution in [0.1, 0.15) is 107 Å². The second-order valence-corrected chi connectivity index (χ2v) is 19.0. The molecule has 7 fully saturated rings. The van der Waals surface area contributed by atoms with E-state index >= 15 is 0 Å². The Morgan fingerprint density at radius 2 is 1.70 bits per heavy atom. The predicted octanol–water partition coefficient (Wildman–Crippen LogP) is 4.18. The minimum Gasteiger partial charge on any atom is -0.457 e. The van der Waals surface area contributed by atoms with Gasteiger partial charge in [-0.2, -0.15) is 0 Å². The highest BCUT2D eigenvalue weighted by atomic mass is 16.8. The number of carbonyl (C=O) groups excluding carboxylic acids is 2. The molecule has 0 unspecified atom stereocenters. The first-order valence-corrected chi connectivity index (χ1v) is 19.0. The van der Waals surface area contributed by atoms with Gasteiger partial charge < -0.3 is 43.7 Å². The Balaban J connectivity index is 1.09. The molecule has 3 saturated heterocycles. The fraction of sp³-hybridized carbons (Fsp3) is 0.897. The molecule has 8 aliphatic rings. The van der Waals surface area contributed by atoms with Crippen LogP contribution in [-0.2, 0) is 38.0 Å². The van der Waals surface area contributed by atoms with E-state index in [4.69, 9.17) is 28.4 Å². The molecule has 0 aromatic carbocycles. The molecule has 3 N–H and O–H groups in total. The van der Waals surface area contributed by atoms with Crippen LogP contribution in [0.25, 0.3) is 0 Å². The zero-order valence-corrected chi connectivity index (χ0v) is 31.2. The number of rotatable bonds is 5. The Morgan fingerprint density at radius 1 is 1.00 bits per heavy atom. The number of ether oxygens (including phenoxy) is 6. The van der Waals surface area contributed by atoms with Crippen molar-refractivity contribution in [2.45, 2.75) is 168 Å². The van der Waals surface area contributed by atoms with Gasteiger partial charge in [-0.15, -0.1) is 0 Å². The molecule has 280 valence electrons. The third-order valence-corrected chi connectivity index (χ3v) is 15.8. The average molecular weight is 703 g/mol. The van der Waals surface area contributed by atoms with Gasteiger partial charge >= 0.3 is 11.9 Å². The van der Waals surface area contributed by atoms with Crippen LogP contribution in [0.3, 0.4) is 0 Å². The van der Waals surface area contributed by atoms with E-state index in [1.807, 2.05) is 0 Å². The number of carbonyl (C=O) groups is 2. The molecule has 0 aromatic heterocycles. The van der Waals surface area contributed by atoms with Crippen molar-refractivity contribution < 1.29 is 53.3 Å². The highest BCUT2D eigenvalue weighted by Crippen LogP contribution is 2.89. The van der Waals surface area contributed by atoms with Gasteiger partial charge in [0, 0.05) is 25.2 Å². The molecule has 3 spiro atoms. The molecule has 11 heteroatoms. The summed E-state index contributed by atoms with van der Waals surface area (Å²) in [6.07, 6.45) is 2.69. The van der Waals surface area contributed by atoms with Crippen molar-refractivity contribution in [3.8, 4) is 0 Å². The Morgan fingerprint density at radius 3 is 2.36 bits per heavy atom. The van der Waals surface area contributed by atoms with Crippen LogP contribution in [0.5, 0.6) is 0 Å². The molecule has 5 aliphatic carbocycles.